The Labute approximate surface area is 131 Å². The van der Waals surface area contributed by atoms with E-state index in [1.54, 1.807) is 11.8 Å². The summed E-state index contributed by atoms with van der Waals surface area (Å²) < 4.78 is 1.15. The average Bonchev–Trinajstić information content (AvgIpc) is 2.42. The largest absolute Gasteiger partial charge is 0.325 e. The Morgan fingerprint density at radius 2 is 1.74 bits per heavy atom. The van der Waals surface area contributed by atoms with Crippen LogP contribution in [0, 0.1) is 3.57 Å². The first-order valence-electron chi connectivity index (χ1n) is 5.93. The summed E-state index contributed by atoms with van der Waals surface area (Å²) in [7, 11) is 0. The maximum atomic E-state index is 12.1. The lowest BCUT2D eigenvalue weighted by Crippen LogP contribution is -2.22. The van der Waals surface area contributed by atoms with Crippen molar-refractivity contribution in [1.82, 2.24) is 0 Å². The summed E-state index contributed by atoms with van der Waals surface area (Å²) in [5.74, 6) is 0.0232. The SMILES string of the molecule is CC(Sc1ccccc1)C(=O)Nc1ccc(I)cc1. The zero-order valence-electron chi connectivity index (χ0n) is 10.5. The molecule has 0 saturated heterocycles. The van der Waals surface area contributed by atoms with Gasteiger partial charge in [-0.25, -0.2) is 0 Å². The number of hydrogen-bond donors (Lipinski definition) is 1. The molecule has 0 aromatic heterocycles. The summed E-state index contributed by atoms with van der Waals surface area (Å²) in [4.78, 5) is 13.2. The van der Waals surface area contributed by atoms with Crippen molar-refractivity contribution in [3.05, 3.63) is 58.2 Å². The lowest BCUT2D eigenvalue weighted by Gasteiger charge is -2.12. The van der Waals surface area contributed by atoms with E-state index in [1.807, 2.05) is 61.5 Å². The average molecular weight is 383 g/mol. The van der Waals surface area contributed by atoms with Gasteiger partial charge in [-0.3, -0.25) is 4.79 Å². The standard InChI is InChI=1S/C15H14INOS/c1-11(19-14-5-3-2-4-6-14)15(18)17-13-9-7-12(16)8-10-13/h2-11H,1H3,(H,17,18). The van der Waals surface area contributed by atoms with Gasteiger partial charge in [0.2, 0.25) is 5.91 Å². The monoisotopic (exact) mass is 383 g/mol. The van der Waals surface area contributed by atoms with Gasteiger partial charge >= 0.3 is 0 Å². The third-order valence-corrected chi connectivity index (χ3v) is 4.37. The van der Waals surface area contributed by atoms with Crippen LogP contribution >= 0.6 is 34.4 Å². The van der Waals surface area contributed by atoms with Gasteiger partial charge < -0.3 is 5.32 Å². The maximum Gasteiger partial charge on any atom is 0.237 e. The highest BCUT2D eigenvalue weighted by Gasteiger charge is 2.14. The van der Waals surface area contributed by atoms with Crippen molar-refractivity contribution in [2.45, 2.75) is 17.1 Å². The summed E-state index contributed by atoms with van der Waals surface area (Å²) in [5.41, 5.74) is 0.839. The number of carbonyl (C=O) groups excluding carboxylic acids is 1. The van der Waals surface area contributed by atoms with Gasteiger partial charge in [0.25, 0.3) is 0 Å². The van der Waals surface area contributed by atoms with Crippen molar-refractivity contribution < 1.29 is 4.79 Å². The van der Waals surface area contributed by atoms with Crippen molar-refractivity contribution >= 4 is 45.9 Å². The predicted octanol–water partition coefficient (Wildman–Crippen LogP) is 4.41. The Morgan fingerprint density at radius 3 is 2.37 bits per heavy atom. The molecule has 4 heteroatoms. The van der Waals surface area contributed by atoms with Crippen LogP contribution in [-0.2, 0) is 4.79 Å². The van der Waals surface area contributed by atoms with E-state index >= 15 is 0 Å². The highest BCUT2D eigenvalue weighted by molar-refractivity contribution is 14.1. The van der Waals surface area contributed by atoms with Crippen LogP contribution in [0.1, 0.15) is 6.92 Å². The van der Waals surface area contributed by atoms with Gasteiger partial charge in [0.05, 0.1) is 5.25 Å². The van der Waals surface area contributed by atoms with Crippen LogP contribution in [0.15, 0.2) is 59.5 Å². The summed E-state index contributed by atoms with van der Waals surface area (Å²) in [5, 5.41) is 2.80. The van der Waals surface area contributed by atoms with Crippen LogP contribution in [0.4, 0.5) is 5.69 Å². The highest BCUT2D eigenvalue weighted by Crippen LogP contribution is 2.23. The number of thioether (sulfide) groups is 1. The first kappa shape index (κ1) is 14.4. The van der Waals surface area contributed by atoms with Crippen LogP contribution in [-0.4, -0.2) is 11.2 Å². The molecule has 2 aromatic rings. The van der Waals surface area contributed by atoms with Crippen LogP contribution in [0.25, 0.3) is 0 Å². The van der Waals surface area contributed by atoms with E-state index in [9.17, 15) is 4.79 Å². The minimum Gasteiger partial charge on any atom is -0.325 e. The number of carbonyl (C=O) groups is 1. The van der Waals surface area contributed by atoms with Crippen LogP contribution in [0.3, 0.4) is 0 Å². The van der Waals surface area contributed by atoms with E-state index in [0.29, 0.717) is 0 Å². The van der Waals surface area contributed by atoms with Crippen molar-refractivity contribution in [2.24, 2.45) is 0 Å². The molecular formula is C15H14INOS. The quantitative estimate of drug-likeness (QED) is 0.626. The van der Waals surface area contributed by atoms with E-state index in [2.05, 4.69) is 27.9 Å². The minimum absolute atomic E-state index is 0.0232. The Kier molecular flexibility index (Phi) is 5.27. The maximum absolute atomic E-state index is 12.1. The summed E-state index contributed by atoms with van der Waals surface area (Å²) in [6, 6.07) is 17.7. The molecule has 1 amide bonds. The third kappa shape index (κ3) is 4.54. The van der Waals surface area contributed by atoms with Crippen molar-refractivity contribution in [2.75, 3.05) is 5.32 Å². The highest BCUT2D eigenvalue weighted by atomic mass is 127. The zero-order valence-corrected chi connectivity index (χ0v) is 13.4. The number of halogens is 1. The second-order valence-corrected chi connectivity index (χ2v) is 6.73. The number of benzene rings is 2. The fraction of sp³-hybridized carbons (Fsp3) is 0.133. The molecule has 0 aliphatic heterocycles. The molecule has 0 aliphatic carbocycles. The number of nitrogens with one attached hydrogen (secondary N) is 1. The van der Waals surface area contributed by atoms with Crippen molar-refractivity contribution in [1.29, 1.82) is 0 Å². The molecular weight excluding hydrogens is 369 g/mol. The zero-order chi connectivity index (χ0) is 13.7. The second-order valence-electron chi connectivity index (χ2n) is 4.07. The molecule has 0 spiro atoms. The van der Waals surface area contributed by atoms with Crippen LogP contribution in [0.2, 0.25) is 0 Å². The predicted molar refractivity (Wildman–Crippen MR) is 89.5 cm³/mol. The van der Waals surface area contributed by atoms with Gasteiger partial charge in [-0.15, -0.1) is 11.8 Å². The van der Waals surface area contributed by atoms with Crippen LogP contribution in [0.5, 0.6) is 0 Å². The number of rotatable bonds is 4. The van der Waals surface area contributed by atoms with Gasteiger partial charge in [-0.05, 0) is 65.9 Å². The lowest BCUT2D eigenvalue weighted by atomic mass is 10.3. The Bertz CT molecular complexity index is 542. The Morgan fingerprint density at radius 1 is 1.11 bits per heavy atom. The first-order chi connectivity index (χ1) is 9.15. The second kappa shape index (κ2) is 6.96. The topological polar surface area (TPSA) is 29.1 Å². The Hall–Kier alpha value is -1.01. The van der Waals surface area contributed by atoms with Gasteiger partial charge in [0.1, 0.15) is 0 Å². The fourth-order valence-electron chi connectivity index (χ4n) is 1.53. The number of anilines is 1. The lowest BCUT2D eigenvalue weighted by molar-refractivity contribution is -0.115. The molecule has 2 nitrogen and oxygen atoms in total. The third-order valence-electron chi connectivity index (χ3n) is 2.54. The first-order valence-corrected chi connectivity index (χ1v) is 7.89. The smallest absolute Gasteiger partial charge is 0.237 e. The molecule has 1 atom stereocenters. The molecule has 2 rings (SSSR count). The van der Waals surface area contributed by atoms with E-state index in [0.717, 1.165) is 14.2 Å². The molecule has 1 unspecified atom stereocenters. The van der Waals surface area contributed by atoms with E-state index in [4.69, 9.17) is 0 Å². The minimum atomic E-state index is -0.123. The molecule has 2 aromatic carbocycles. The summed E-state index contributed by atoms with van der Waals surface area (Å²) in [6.45, 7) is 1.92. The van der Waals surface area contributed by atoms with Gasteiger partial charge in [-0.1, -0.05) is 18.2 Å². The molecule has 1 N–H and O–H groups in total. The number of hydrogen-bond acceptors (Lipinski definition) is 2. The van der Waals surface area contributed by atoms with Gasteiger partial charge in [0, 0.05) is 14.2 Å². The Balaban J connectivity index is 1.94. The van der Waals surface area contributed by atoms with Gasteiger partial charge in [-0.2, -0.15) is 0 Å². The summed E-state index contributed by atoms with van der Waals surface area (Å²) >= 11 is 3.80. The van der Waals surface area contributed by atoms with E-state index < -0.39 is 0 Å². The van der Waals surface area contributed by atoms with E-state index in [-0.39, 0.29) is 11.2 Å². The molecule has 0 bridgehead atoms. The molecule has 0 fully saturated rings. The normalized spacial score (nSPS) is 11.9. The molecule has 0 heterocycles. The molecule has 0 saturated carbocycles. The van der Waals surface area contributed by atoms with Crippen molar-refractivity contribution in [3.8, 4) is 0 Å². The summed E-state index contributed by atoms with van der Waals surface area (Å²) in [6.07, 6.45) is 0. The van der Waals surface area contributed by atoms with Crippen molar-refractivity contribution in [3.63, 3.8) is 0 Å². The van der Waals surface area contributed by atoms with Gasteiger partial charge in [0.15, 0.2) is 0 Å². The fourth-order valence-corrected chi connectivity index (χ4v) is 2.78. The molecule has 98 valence electrons. The molecule has 0 aliphatic rings. The van der Waals surface area contributed by atoms with Crippen LogP contribution < -0.4 is 5.32 Å². The number of amides is 1. The molecule has 19 heavy (non-hydrogen) atoms. The van der Waals surface area contributed by atoms with E-state index in [1.165, 1.54) is 0 Å². The molecule has 0 radical (unpaired) electrons.